The van der Waals surface area contributed by atoms with Crippen LogP contribution in [0, 0.1) is 13.8 Å². The van der Waals surface area contributed by atoms with Crippen molar-refractivity contribution in [2.45, 2.75) is 39.9 Å². The first kappa shape index (κ1) is 19.8. The summed E-state index contributed by atoms with van der Waals surface area (Å²) in [6, 6.07) is 6.61. The maximum absolute atomic E-state index is 12.3. The third-order valence-electron chi connectivity index (χ3n) is 3.88. The number of nitrogens with zero attached hydrogens (tertiary/aromatic N) is 2. The normalized spacial score (nSPS) is 13.0. The number of hydrogen-bond donors (Lipinski definition) is 1. The van der Waals surface area contributed by atoms with E-state index >= 15 is 0 Å². The van der Waals surface area contributed by atoms with Gasteiger partial charge in [-0.15, -0.1) is 0 Å². The van der Waals surface area contributed by atoms with Gasteiger partial charge >= 0.3 is 5.97 Å². The maximum Gasteiger partial charge on any atom is 0.347 e. The van der Waals surface area contributed by atoms with Gasteiger partial charge in [-0.3, -0.25) is 9.48 Å². The van der Waals surface area contributed by atoms with Gasteiger partial charge in [0.1, 0.15) is 5.75 Å². The SMILES string of the molecule is Cc1nn(C)c(C)c1NC(=O)[C@H](C)OC(=O)[C@@H](C)Oc1ccc(Cl)cc1. The van der Waals surface area contributed by atoms with Gasteiger partial charge < -0.3 is 14.8 Å². The number of ether oxygens (including phenoxy) is 2. The molecule has 0 aliphatic carbocycles. The number of rotatable bonds is 6. The second kappa shape index (κ2) is 8.23. The van der Waals surface area contributed by atoms with Crippen molar-refractivity contribution in [3.05, 3.63) is 40.7 Å². The summed E-state index contributed by atoms with van der Waals surface area (Å²) >= 11 is 5.81. The Morgan fingerprint density at radius 1 is 1.15 bits per heavy atom. The van der Waals surface area contributed by atoms with E-state index < -0.39 is 24.1 Å². The molecule has 0 spiro atoms. The van der Waals surface area contributed by atoms with Gasteiger partial charge in [-0.1, -0.05) is 11.6 Å². The molecule has 1 N–H and O–H groups in total. The van der Waals surface area contributed by atoms with Crippen LogP contribution in [0.15, 0.2) is 24.3 Å². The van der Waals surface area contributed by atoms with Crippen LogP contribution in [-0.4, -0.2) is 33.9 Å². The Morgan fingerprint density at radius 3 is 2.31 bits per heavy atom. The molecule has 8 heteroatoms. The lowest BCUT2D eigenvalue weighted by molar-refractivity contribution is -0.159. The van der Waals surface area contributed by atoms with Gasteiger partial charge in [0.25, 0.3) is 5.91 Å². The van der Waals surface area contributed by atoms with E-state index in [-0.39, 0.29) is 0 Å². The van der Waals surface area contributed by atoms with Gasteiger partial charge in [0.2, 0.25) is 0 Å². The number of halogens is 1. The van der Waals surface area contributed by atoms with Crippen molar-refractivity contribution < 1.29 is 19.1 Å². The number of esters is 1. The van der Waals surface area contributed by atoms with Crippen molar-refractivity contribution in [1.29, 1.82) is 0 Å². The lowest BCUT2D eigenvalue weighted by atomic mass is 10.3. The number of aryl methyl sites for hydroxylation is 2. The number of hydrogen-bond acceptors (Lipinski definition) is 5. The molecule has 0 unspecified atom stereocenters. The predicted octanol–water partition coefficient (Wildman–Crippen LogP) is 3.03. The Labute approximate surface area is 157 Å². The topological polar surface area (TPSA) is 82.5 Å². The first-order chi connectivity index (χ1) is 12.2. The van der Waals surface area contributed by atoms with E-state index in [0.717, 1.165) is 5.69 Å². The molecular weight excluding hydrogens is 358 g/mol. The lowest BCUT2D eigenvalue weighted by Gasteiger charge is -2.18. The van der Waals surface area contributed by atoms with Crippen LogP contribution in [0.4, 0.5) is 5.69 Å². The molecule has 0 bridgehead atoms. The molecule has 2 aromatic rings. The van der Waals surface area contributed by atoms with E-state index in [0.29, 0.717) is 22.2 Å². The first-order valence-corrected chi connectivity index (χ1v) is 8.50. The van der Waals surface area contributed by atoms with Crippen LogP contribution in [0.1, 0.15) is 25.2 Å². The van der Waals surface area contributed by atoms with Crippen molar-refractivity contribution in [3.8, 4) is 5.75 Å². The fraction of sp³-hybridized carbons (Fsp3) is 0.389. The summed E-state index contributed by atoms with van der Waals surface area (Å²) in [5.41, 5.74) is 2.12. The summed E-state index contributed by atoms with van der Waals surface area (Å²) in [4.78, 5) is 24.4. The molecule has 2 atom stereocenters. The van der Waals surface area contributed by atoms with Crippen LogP contribution < -0.4 is 10.1 Å². The molecule has 0 fully saturated rings. The first-order valence-electron chi connectivity index (χ1n) is 8.12. The largest absolute Gasteiger partial charge is 0.479 e. The lowest BCUT2D eigenvalue weighted by Crippen LogP contribution is -2.35. The van der Waals surface area contributed by atoms with Gasteiger partial charge in [-0.05, 0) is 52.0 Å². The molecule has 0 aliphatic heterocycles. The number of amides is 1. The Bertz CT molecular complexity index is 802. The molecule has 0 saturated carbocycles. The number of carbonyl (C=O) groups excluding carboxylic acids is 2. The average molecular weight is 380 g/mol. The minimum atomic E-state index is -0.974. The van der Waals surface area contributed by atoms with Gasteiger partial charge in [-0.2, -0.15) is 5.10 Å². The van der Waals surface area contributed by atoms with Crippen LogP contribution in [0.25, 0.3) is 0 Å². The highest BCUT2D eigenvalue weighted by Crippen LogP contribution is 2.19. The molecular formula is C18H22ClN3O4. The van der Waals surface area contributed by atoms with E-state index in [9.17, 15) is 9.59 Å². The zero-order valence-electron chi connectivity index (χ0n) is 15.4. The molecule has 0 saturated heterocycles. The van der Waals surface area contributed by atoms with Gasteiger partial charge in [-0.25, -0.2) is 4.79 Å². The van der Waals surface area contributed by atoms with Crippen LogP contribution in [-0.2, 0) is 21.4 Å². The molecule has 1 heterocycles. The van der Waals surface area contributed by atoms with E-state index in [1.807, 2.05) is 6.92 Å². The van der Waals surface area contributed by atoms with Crippen molar-refractivity contribution in [2.24, 2.45) is 7.05 Å². The summed E-state index contributed by atoms with van der Waals surface area (Å²) in [6.45, 7) is 6.69. The highest BCUT2D eigenvalue weighted by Gasteiger charge is 2.24. The monoisotopic (exact) mass is 379 g/mol. The Hall–Kier alpha value is -2.54. The third-order valence-corrected chi connectivity index (χ3v) is 4.13. The fourth-order valence-corrected chi connectivity index (χ4v) is 2.39. The maximum atomic E-state index is 12.3. The summed E-state index contributed by atoms with van der Waals surface area (Å²) in [6.07, 6.45) is -1.84. The van der Waals surface area contributed by atoms with Crippen molar-refractivity contribution >= 4 is 29.2 Å². The highest BCUT2D eigenvalue weighted by atomic mass is 35.5. The zero-order valence-corrected chi connectivity index (χ0v) is 16.1. The third kappa shape index (κ3) is 4.76. The summed E-state index contributed by atoms with van der Waals surface area (Å²) < 4.78 is 12.4. The van der Waals surface area contributed by atoms with Crippen LogP contribution in [0.3, 0.4) is 0 Å². The minimum absolute atomic E-state index is 0.434. The molecule has 26 heavy (non-hydrogen) atoms. The van der Waals surface area contributed by atoms with E-state index in [2.05, 4.69) is 10.4 Å². The molecule has 2 rings (SSSR count). The predicted molar refractivity (Wildman–Crippen MR) is 98.4 cm³/mol. The molecule has 140 valence electrons. The summed E-state index contributed by atoms with van der Waals surface area (Å²) in [5, 5.41) is 7.54. The Kier molecular flexibility index (Phi) is 6.26. The number of nitrogens with one attached hydrogen (secondary N) is 1. The van der Waals surface area contributed by atoms with Crippen molar-refractivity contribution in [2.75, 3.05) is 5.32 Å². The second-order valence-corrected chi connectivity index (χ2v) is 6.39. The van der Waals surface area contributed by atoms with Crippen LogP contribution >= 0.6 is 11.6 Å². The highest BCUT2D eigenvalue weighted by molar-refractivity contribution is 6.30. The minimum Gasteiger partial charge on any atom is -0.479 e. The Balaban J connectivity index is 1.92. The quantitative estimate of drug-likeness (QED) is 0.780. The molecule has 7 nitrogen and oxygen atoms in total. The Morgan fingerprint density at radius 2 is 1.77 bits per heavy atom. The number of benzene rings is 1. The van der Waals surface area contributed by atoms with Crippen molar-refractivity contribution in [1.82, 2.24) is 9.78 Å². The van der Waals surface area contributed by atoms with E-state index in [1.54, 1.807) is 49.8 Å². The fourth-order valence-electron chi connectivity index (χ4n) is 2.27. The molecule has 1 aromatic heterocycles. The number of aromatic nitrogens is 2. The second-order valence-electron chi connectivity index (χ2n) is 5.95. The number of carbonyl (C=O) groups is 2. The standard InChI is InChI=1S/C18H22ClN3O4/c1-10-16(11(2)22(5)21-10)20-17(23)12(3)26-18(24)13(4)25-15-8-6-14(19)7-9-15/h6-9,12-13H,1-5H3,(H,20,23)/t12-,13+/m0/s1. The average Bonchev–Trinajstić information content (AvgIpc) is 2.82. The van der Waals surface area contributed by atoms with Crippen LogP contribution in [0.5, 0.6) is 5.75 Å². The van der Waals surface area contributed by atoms with Gasteiger partial charge in [0, 0.05) is 12.1 Å². The smallest absolute Gasteiger partial charge is 0.347 e. The summed E-state index contributed by atoms with van der Waals surface area (Å²) in [7, 11) is 1.79. The molecule has 0 radical (unpaired) electrons. The van der Waals surface area contributed by atoms with E-state index in [1.165, 1.54) is 6.92 Å². The molecule has 1 amide bonds. The van der Waals surface area contributed by atoms with E-state index in [4.69, 9.17) is 21.1 Å². The zero-order chi connectivity index (χ0) is 19.4. The van der Waals surface area contributed by atoms with Gasteiger partial charge in [0.05, 0.1) is 17.1 Å². The van der Waals surface area contributed by atoms with Gasteiger partial charge in [0.15, 0.2) is 12.2 Å². The van der Waals surface area contributed by atoms with Crippen LogP contribution in [0.2, 0.25) is 5.02 Å². The van der Waals surface area contributed by atoms with Crippen molar-refractivity contribution in [3.63, 3.8) is 0 Å². The molecule has 0 aliphatic rings. The summed E-state index contributed by atoms with van der Waals surface area (Å²) in [5.74, 6) is -0.587. The number of anilines is 1. The molecule has 1 aromatic carbocycles.